The fourth-order valence-electron chi connectivity index (χ4n) is 2.73. The lowest BCUT2D eigenvalue weighted by atomic mass is 9.84. The number of hydrogen-bond donors (Lipinski definition) is 1. The first-order chi connectivity index (χ1) is 9.55. The molecule has 0 bridgehead atoms. The molecule has 0 spiro atoms. The van der Waals surface area contributed by atoms with Gasteiger partial charge in [-0.2, -0.15) is 13.2 Å². The summed E-state index contributed by atoms with van der Waals surface area (Å²) in [4.78, 5) is 0. The molecule has 0 saturated heterocycles. The molecule has 2 aromatic rings. The molecule has 0 amide bonds. The fourth-order valence-corrected chi connectivity index (χ4v) is 2.73. The summed E-state index contributed by atoms with van der Waals surface area (Å²) in [7, 11) is 0. The van der Waals surface area contributed by atoms with Gasteiger partial charge in [0, 0.05) is 18.2 Å². The van der Waals surface area contributed by atoms with E-state index in [1.54, 1.807) is 0 Å². The van der Waals surface area contributed by atoms with E-state index < -0.39 is 11.7 Å². The van der Waals surface area contributed by atoms with Gasteiger partial charge in [-0.05, 0) is 35.7 Å². The number of hydrogen-bond acceptors (Lipinski definition) is 1. The maximum Gasteiger partial charge on any atom is 0.416 e. The Bertz CT molecular complexity index is 605. The number of anilines is 1. The van der Waals surface area contributed by atoms with Gasteiger partial charge in [-0.25, -0.2) is 0 Å². The quantitative estimate of drug-likeness (QED) is 0.799. The lowest BCUT2D eigenvalue weighted by molar-refractivity contribution is -0.137. The summed E-state index contributed by atoms with van der Waals surface area (Å²) >= 11 is 0. The fraction of sp³-hybridized carbons (Fsp3) is 0.250. The van der Waals surface area contributed by atoms with Crippen LogP contribution in [0.4, 0.5) is 18.9 Å². The van der Waals surface area contributed by atoms with Crippen molar-refractivity contribution in [2.75, 3.05) is 11.9 Å². The average Bonchev–Trinajstić information content (AvgIpc) is 2.46. The van der Waals surface area contributed by atoms with E-state index in [1.165, 1.54) is 12.1 Å². The van der Waals surface area contributed by atoms with E-state index in [0.717, 1.165) is 35.8 Å². The Morgan fingerprint density at radius 3 is 2.45 bits per heavy atom. The zero-order chi connectivity index (χ0) is 14.2. The second-order valence-electron chi connectivity index (χ2n) is 4.98. The molecular formula is C16H14F3N. The molecule has 3 rings (SSSR count). The number of fused-ring (bicyclic) bond motifs is 1. The highest BCUT2D eigenvalue weighted by Crippen LogP contribution is 2.40. The Balaban J connectivity index is 2.07. The van der Waals surface area contributed by atoms with E-state index >= 15 is 0 Å². The number of alkyl halides is 3. The number of benzene rings is 2. The van der Waals surface area contributed by atoms with Crippen LogP contribution in [0.25, 0.3) is 0 Å². The second-order valence-corrected chi connectivity index (χ2v) is 4.98. The van der Waals surface area contributed by atoms with Crippen molar-refractivity contribution in [1.29, 1.82) is 0 Å². The van der Waals surface area contributed by atoms with Gasteiger partial charge in [-0.15, -0.1) is 0 Å². The van der Waals surface area contributed by atoms with Crippen molar-refractivity contribution in [2.24, 2.45) is 0 Å². The normalized spacial score (nSPS) is 18.2. The summed E-state index contributed by atoms with van der Waals surface area (Å²) in [5.41, 5.74) is 2.02. The summed E-state index contributed by atoms with van der Waals surface area (Å²) in [6, 6.07) is 13.7. The molecule has 0 aliphatic carbocycles. The van der Waals surface area contributed by atoms with E-state index in [0.29, 0.717) is 0 Å². The van der Waals surface area contributed by atoms with E-state index in [9.17, 15) is 13.2 Å². The monoisotopic (exact) mass is 277 g/mol. The Labute approximate surface area is 115 Å². The van der Waals surface area contributed by atoms with Gasteiger partial charge in [0.15, 0.2) is 0 Å². The maximum atomic E-state index is 12.9. The van der Waals surface area contributed by atoms with E-state index in [4.69, 9.17) is 0 Å². The lowest BCUT2D eigenvalue weighted by Crippen LogP contribution is -2.19. The van der Waals surface area contributed by atoms with Gasteiger partial charge in [0.25, 0.3) is 0 Å². The molecule has 1 atom stereocenters. The maximum absolute atomic E-state index is 12.9. The molecule has 1 unspecified atom stereocenters. The Morgan fingerprint density at radius 1 is 1.00 bits per heavy atom. The first kappa shape index (κ1) is 13.0. The van der Waals surface area contributed by atoms with Gasteiger partial charge in [0.1, 0.15) is 0 Å². The molecule has 1 nitrogen and oxygen atoms in total. The van der Waals surface area contributed by atoms with Crippen molar-refractivity contribution in [3.8, 4) is 0 Å². The van der Waals surface area contributed by atoms with Crippen LogP contribution in [0.1, 0.15) is 29.0 Å². The zero-order valence-corrected chi connectivity index (χ0v) is 10.7. The summed E-state index contributed by atoms with van der Waals surface area (Å²) in [6.45, 7) is 0.776. The number of nitrogens with one attached hydrogen (secondary N) is 1. The van der Waals surface area contributed by atoms with E-state index in [1.807, 2.05) is 30.3 Å². The van der Waals surface area contributed by atoms with Crippen molar-refractivity contribution in [2.45, 2.75) is 18.5 Å². The van der Waals surface area contributed by atoms with Gasteiger partial charge in [0.2, 0.25) is 0 Å². The van der Waals surface area contributed by atoms with Gasteiger partial charge in [-0.3, -0.25) is 0 Å². The molecule has 1 aliphatic heterocycles. The highest BCUT2D eigenvalue weighted by Gasteiger charge is 2.32. The largest absolute Gasteiger partial charge is 0.416 e. The Hall–Kier alpha value is -1.97. The Morgan fingerprint density at radius 2 is 1.75 bits per heavy atom. The zero-order valence-electron chi connectivity index (χ0n) is 10.7. The molecule has 0 saturated carbocycles. The smallest absolute Gasteiger partial charge is 0.385 e. The Kier molecular flexibility index (Phi) is 3.16. The minimum Gasteiger partial charge on any atom is -0.385 e. The predicted octanol–water partition coefficient (Wildman–Crippen LogP) is 4.65. The minimum absolute atomic E-state index is 0.0229. The number of rotatable bonds is 1. The standard InChI is InChI=1S/C16H14F3N/c17-16(18,19)12-6-7-15-14(10-12)13(8-9-20-15)11-4-2-1-3-5-11/h1-7,10,13,20H,8-9H2. The van der Waals surface area contributed by atoms with Gasteiger partial charge >= 0.3 is 6.18 Å². The molecule has 0 fully saturated rings. The van der Waals surface area contributed by atoms with Crippen molar-refractivity contribution >= 4 is 5.69 Å². The second kappa shape index (κ2) is 4.85. The summed E-state index contributed by atoms with van der Waals surface area (Å²) in [6.07, 6.45) is -3.49. The number of halogens is 3. The van der Waals surface area contributed by atoms with Crippen molar-refractivity contribution < 1.29 is 13.2 Å². The third-order valence-corrected chi connectivity index (χ3v) is 3.70. The molecule has 0 radical (unpaired) electrons. The predicted molar refractivity (Wildman–Crippen MR) is 72.8 cm³/mol. The van der Waals surface area contributed by atoms with E-state index in [-0.39, 0.29) is 5.92 Å². The summed E-state index contributed by atoms with van der Waals surface area (Å²) < 4.78 is 38.6. The van der Waals surface area contributed by atoms with Crippen LogP contribution in [0.3, 0.4) is 0 Å². The topological polar surface area (TPSA) is 12.0 Å². The first-order valence-corrected chi connectivity index (χ1v) is 6.55. The van der Waals surface area contributed by atoms with Crippen LogP contribution in [0.5, 0.6) is 0 Å². The molecule has 1 heterocycles. The van der Waals surface area contributed by atoms with Gasteiger partial charge in [-0.1, -0.05) is 30.3 Å². The van der Waals surface area contributed by atoms with Crippen LogP contribution in [0.15, 0.2) is 48.5 Å². The highest BCUT2D eigenvalue weighted by molar-refractivity contribution is 5.59. The SMILES string of the molecule is FC(F)(F)c1ccc2c(c1)C(c1ccccc1)CCN2. The van der Waals surface area contributed by atoms with Crippen LogP contribution in [-0.2, 0) is 6.18 Å². The highest BCUT2D eigenvalue weighted by atomic mass is 19.4. The van der Waals surface area contributed by atoms with Crippen molar-refractivity contribution in [3.05, 3.63) is 65.2 Å². The molecule has 1 N–H and O–H groups in total. The minimum atomic E-state index is -4.30. The van der Waals surface area contributed by atoms with Crippen LogP contribution in [0.2, 0.25) is 0 Å². The third kappa shape index (κ3) is 2.38. The molecule has 2 aromatic carbocycles. The van der Waals surface area contributed by atoms with Crippen LogP contribution in [0, 0.1) is 0 Å². The van der Waals surface area contributed by atoms with Gasteiger partial charge < -0.3 is 5.32 Å². The molecule has 1 aliphatic rings. The summed E-state index contributed by atoms with van der Waals surface area (Å²) in [5, 5.41) is 3.17. The molecule has 0 aromatic heterocycles. The van der Waals surface area contributed by atoms with Crippen molar-refractivity contribution in [3.63, 3.8) is 0 Å². The van der Waals surface area contributed by atoms with Crippen LogP contribution in [-0.4, -0.2) is 6.54 Å². The molecule has 20 heavy (non-hydrogen) atoms. The van der Waals surface area contributed by atoms with Crippen LogP contribution < -0.4 is 5.32 Å². The third-order valence-electron chi connectivity index (χ3n) is 3.70. The first-order valence-electron chi connectivity index (χ1n) is 6.55. The molecular weight excluding hydrogens is 263 g/mol. The summed E-state index contributed by atoms with van der Waals surface area (Å²) in [5.74, 6) is 0.0229. The van der Waals surface area contributed by atoms with E-state index in [2.05, 4.69) is 5.32 Å². The lowest BCUT2D eigenvalue weighted by Gasteiger charge is -2.28. The van der Waals surface area contributed by atoms with Crippen LogP contribution >= 0.6 is 0 Å². The molecule has 104 valence electrons. The van der Waals surface area contributed by atoms with Crippen molar-refractivity contribution in [1.82, 2.24) is 0 Å². The van der Waals surface area contributed by atoms with Gasteiger partial charge in [0.05, 0.1) is 5.56 Å². The average molecular weight is 277 g/mol. The molecule has 4 heteroatoms.